The molecule has 0 unspecified atom stereocenters. The Labute approximate surface area is 158 Å². The lowest BCUT2D eigenvalue weighted by Gasteiger charge is -2.37. The molecule has 2 atom stereocenters. The van der Waals surface area contributed by atoms with Gasteiger partial charge < -0.3 is 21.7 Å². The van der Waals surface area contributed by atoms with Crippen LogP contribution >= 0.6 is 12.4 Å². The van der Waals surface area contributed by atoms with E-state index >= 15 is 0 Å². The van der Waals surface area contributed by atoms with Crippen LogP contribution in [0.3, 0.4) is 0 Å². The molecule has 5 N–H and O–H groups in total. The Morgan fingerprint density at radius 2 is 2.08 bits per heavy atom. The van der Waals surface area contributed by atoms with Crippen LogP contribution in [0.15, 0.2) is 24.3 Å². The van der Waals surface area contributed by atoms with Crippen molar-refractivity contribution >= 4 is 35.8 Å². The fraction of sp³-hybridized carbons (Fsp3) is 0.500. The number of amides is 3. The fourth-order valence-corrected chi connectivity index (χ4v) is 3.95. The zero-order valence-corrected chi connectivity index (χ0v) is 15.4. The van der Waals surface area contributed by atoms with Crippen LogP contribution in [0, 0.1) is 11.3 Å². The number of carbonyl (C=O) groups excluding carboxylic acids is 3. The number of hydrogen-bond acceptors (Lipinski definition) is 4. The van der Waals surface area contributed by atoms with Crippen molar-refractivity contribution in [2.24, 2.45) is 17.1 Å². The van der Waals surface area contributed by atoms with E-state index in [4.69, 9.17) is 5.73 Å². The van der Waals surface area contributed by atoms with Crippen molar-refractivity contribution in [1.82, 2.24) is 10.6 Å². The molecule has 142 valence electrons. The summed E-state index contributed by atoms with van der Waals surface area (Å²) >= 11 is 0. The molecule has 1 saturated carbocycles. The average Bonchev–Trinajstić information content (AvgIpc) is 3.05. The molecule has 1 aromatic rings. The van der Waals surface area contributed by atoms with Gasteiger partial charge in [-0.25, -0.2) is 0 Å². The van der Waals surface area contributed by atoms with Crippen molar-refractivity contribution in [1.29, 1.82) is 0 Å². The smallest absolute Gasteiger partial charge is 0.251 e. The van der Waals surface area contributed by atoms with Crippen molar-refractivity contribution in [3.8, 4) is 0 Å². The van der Waals surface area contributed by atoms with Gasteiger partial charge in [-0.15, -0.1) is 12.4 Å². The minimum atomic E-state index is -0.603. The van der Waals surface area contributed by atoms with E-state index in [1.807, 2.05) is 0 Å². The van der Waals surface area contributed by atoms with Gasteiger partial charge in [-0.05, 0) is 43.5 Å². The topological polar surface area (TPSA) is 113 Å². The van der Waals surface area contributed by atoms with E-state index in [0.717, 1.165) is 25.8 Å². The molecular formula is C18H25ClN4O3. The predicted molar refractivity (Wildman–Crippen MR) is 101 cm³/mol. The minimum absolute atomic E-state index is 0. The highest BCUT2D eigenvalue weighted by Crippen LogP contribution is 2.44. The van der Waals surface area contributed by atoms with Crippen LogP contribution in [0.2, 0.25) is 0 Å². The monoisotopic (exact) mass is 380 g/mol. The second kappa shape index (κ2) is 8.51. The molecule has 1 heterocycles. The van der Waals surface area contributed by atoms with Crippen LogP contribution < -0.4 is 21.7 Å². The number of hydrogen-bond donors (Lipinski definition) is 4. The van der Waals surface area contributed by atoms with Crippen molar-refractivity contribution in [3.63, 3.8) is 0 Å². The van der Waals surface area contributed by atoms with Gasteiger partial charge in [-0.2, -0.15) is 0 Å². The van der Waals surface area contributed by atoms with Gasteiger partial charge in [0.15, 0.2) is 0 Å². The van der Waals surface area contributed by atoms with Crippen molar-refractivity contribution < 1.29 is 14.4 Å². The number of nitrogens with one attached hydrogen (secondary N) is 3. The first-order chi connectivity index (χ1) is 12.0. The molecule has 1 aliphatic heterocycles. The van der Waals surface area contributed by atoms with Crippen LogP contribution in [0.25, 0.3) is 0 Å². The van der Waals surface area contributed by atoms with E-state index < -0.39 is 11.8 Å². The van der Waals surface area contributed by atoms with Crippen LogP contribution in [0.4, 0.5) is 5.69 Å². The Kier molecular flexibility index (Phi) is 6.61. The lowest BCUT2D eigenvalue weighted by Crippen LogP contribution is -2.44. The molecule has 3 amide bonds. The number of fused-ring (bicyclic) bond motifs is 1. The zero-order chi connectivity index (χ0) is 17.9. The maximum absolute atomic E-state index is 13.0. The Balaban J connectivity index is 0.00000243. The van der Waals surface area contributed by atoms with Crippen LogP contribution in [0.5, 0.6) is 0 Å². The highest BCUT2D eigenvalue weighted by Gasteiger charge is 2.49. The van der Waals surface area contributed by atoms with Crippen molar-refractivity contribution in [3.05, 3.63) is 29.8 Å². The maximum Gasteiger partial charge on any atom is 0.251 e. The van der Waals surface area contributed by atoms with Crippen LogP contribution in [0.1, 0.15) is 36.0 Å². The molecule has 8 heteroatoms. The molecular weight excluding hydrogens is 356 g/mol. The molecule has 7 nitrogen and oxygen atoms in total. The fourth-order valence-electron chi connectivity index (χ4n) is 3.95. The molecule has 1 aromatic carbocycles. The molecule has 26 heavy (non-hydrogen) atoms. The summed E-state index contributed by atoms with van der Waals surface area (Å²) in [6, 6.07) is 6.72. The Bertz CT molecular complexity index is 697. The molecule has 1 saturated heterocycles. The summed E-state index contributed by atoms with van der Waals surface area (Å²) in [6.07, 6.45) is 4.23. The lowest BCUT2D eigenvalue weighted by atomic mass is 9.67. The van der Waals surface area contributed by atoms with E-state index in [-0.39, 0.29) is 30.3 Å². The minimum Gasteiger partial charge on any atom is -0.368 e. The van der Waals surface area contributed by atoms with E-state index in [1.54, 1.807) is 24.3 Å². The second-order valence-electron chi connectivity index (χ2n) is 6.91. The number of anilines is 1. The molecule has 1 aliphatic carbocycles. The Morgan fingerprint density at radius 3 is 2.85 bits per heavy atom. The van der Waals surface area contributed by atoms with Gasteiger partial charge in [0, 0.05) is 17.8 Å². The number of primary amides is 1. The van der Waals surface area contributed by atoms with Crippen LogP contribution in [-0.4, -0.2) is 37.4 Å². The quantitative estimate of drug-likeness (QED) is 0.611. The van der Waals surface area contributed by atoms with E-state index in [0.29, 0.717) is 23.7 Å². The number of rotatable bonds is 5. The molecule has 0 aromatic heterocycles. The summed E-state index contributed by atoms with van der Waals surface area (Å²) in [5.41, 5.74) is 5.65. The lowest BCUT2D eigenvalue weighted by molar-refractivity contribution is -0.128. The van der Waals surface area contributed by atoms with Gasteiger partial charge in [0.2, 0.25) is 11.8 Å². The summed E-state index contributed by atoms with van der Waals surface area (Å²) < 4.78 is 0. The third kappa shape index (κ3) is 4.16. The largest absolute Gasteiger partial charge is 0.368 e. The summed E-state index contributed by atoms with van der Waals surface area (Å²) in [6.45, 7) is 1.39. The highest BCUT2D eigenvalue weighted by molar-refractivity contribution is 6.00. The highest BCUT2D eigenvalue weighted by atomic mass is 35.5. The second-order valence-corrected chi connectivity index (χ2v) is 6.91. The van der Waals surface area contributed by atoms with Crippen LogP contribution in [-0.2, 0) is 9.59 Å². The predicted octanol–water partition coefficient (Wildman–Crippen LogP) is 1.04. The first-order valence-electron chi connectivity index (χ1n) is 8.70. The van der Waals surface area contributed by atoms with E-state index in [2.05, 4.69) is 16.0 Å². The molecule has 0 bridgehead atoms. The standard InChI is InChI=1S/C18H24N4O3.ClH/c19-15(23)10-21-16(24)12-4-3-6-14(8-12)22-17(25)18-7-2-1-5-13(18)9-20-11-18;/h3-4,6,8,13,20H,1-2,5,7,9-11H2,(H2,19,23)(H,21,24)(H,22,25);1H/t13-,18+;/m0./s1. The Morgan fingerprint density at radius 1 is 1.27 bits per heavy atom. The summed E-state index contributed by atoms with van der Waals surface area (Å²) in [4.78, 5) is 35.8. The molecule has 3 rings (SSSR count). The number of benzene rings is 1. The summed E-state index contributed by atoms with van der Waals surface area (Å²) in [5.74, 6) is -0.597. The normalized spacial score (nSPS) is 24.1. The average molecular weight is 381 g/mol. The molecule has 0 radical (unpaired) electrons. The third-order valence-electron chi connectivity index (χ3n) is 5.30. The van der Waals surface area contributed by atoms with E-state index in [1.165, 1.54) is 6.42 Å². The molecule has 0 spiro atoms. The Hall–Kier alpha value is -2.12. The molecule has 2 aliphatic rings. The van der Waals surface area contributed by atoms with Gasteiger partial charge in [0.05, 0.1) is 12.0 Å². The van der Waals surface area contributed by atoms with E-state index in [9.17, 15) is 14.4 Å². The summed E-state index contributed by atoms with van der Waals surface area (Å²) in [7, 11) is 0. The molecule has 2 fully saturated rings. The van der Waals surface area contributed by atoms with Gasteiger partial charge in [0.1, 0.15) is 0 Å². The third-order valence-corrected chi connectivity index (χ3v) is 5.30. The summed E-state index contributed by atoms with van der Waals surface area (Å²) in [5, 5.41) is 8.79. The van der Waals surface area contributed by atoms with Gasteiger partial charge in [0.25, 0.3) is 5.91 Å². The SMILES string of the molecule is Cl.NC(=O)CNC(=O)c1cccc(NC(=O)[C@@]23CCCC[C@H]2CNC3)c1. The van der Waals surface area contributed by atoms with Crippen molar-refractivity contribution in [2.45, 2.75) is 25.7 Å². The zero-order valence-electron chi connectivity index (χ0n) is 14.5. The van der Waals surface area contributed by atoms with Gasteiger partial charge >= 0.3 is 0 Å². The first-order valence-corrected chi connectivity index (χ1v) is 8.70. The number of nitrogens with two attached hydrogens (primary N) is 1. The van der Waals surface area contributed by atoms with Gasteiger partial charge in [-0.3, -0.25) is 14.4 Å². The number of carbonyl (C=O) groups is 3. The van der Waals surface area contributed by atoms with Gasteiger partial charge in [-0.1, -0.05) is 18.9 Å². The first kappa shape index (κ1) is 20.2. The number of halogens is 1. The maximum atomic E-state index is 13.0. The van der Waals surface area contributed by atoms with Crippen molar-refractivity contribution in [2.75, 3.05) is 25.0 Å².